The number of nitrogens with zero attached hydrogens (tertiary/aromatic N) is 3. The van der Waals surface area contributed by atoms with Gasteiger partial charge in [0.25, 0.3) is 5.78 Å². The predicted octanol–water partition coefficient (Wildman–Crippen LogP) is 7.72. The van der Waals surface area contributed by atoms with Gasteiger partial charge in [0.05, 0.1) is 11.6 Å². The molecule has 1 saturated heterocycles. The van der Waals surface area contributed by atoms with Crippen LogP contribution < -0.4 is 4.90 Å². The Balaban J connectivity index is 1.56. The lowest BCUT2D eigenvalue weighted by Gasteiger charge is -2.24. The number of hydrogen-bond acceptors (Lipinski definition) is 7. The molecule has 204 valence electrons. The van der Waals surface area contributed by atoms with E-state index in [2.05, 4.69) is 31.0 Å². The van der Waals surface area contributed by atoms with Crippen molar-refractivity contribution in [3.63, 3.8) is 0 Å². The summed E-state index contributed by atoms with van der Waals surface area (Å²) in [6.45, 7) is 8.30. The molecule has 4 aromatic rings. The number of amides is 1. The van der Waals surface area contributed by atoms with Gasteiger partial charge in [-0.3, -0.25) is 14.5 Å². The van der Waals surface area contributed by atoms with Gasteiger partial charge in [0.15, 0.2) is 4.34 Å². The van der Waals surface area contributed by atoms with Crippen molar-refractivity contribution < 1.29 is 14.7 Å². The van der Waals surface area contributed by atoms with Gasteiger partial charge in [-0.25, -0.2) is 0 Å². The van der Waals surface area contributed by atoms with Crippen molar-refractivity contribution in [2.24, 2.45) is 0 Å². The Hall–Kier alpha value is -3.46. The zero-order valence-corrected chi connectivity index (χ0v) is 24.9. The molecule has 1 unspecified atom stereocenters. The Morgan fingerprint density at radius 3 is 2.33 bits per heavy atom. The normalized spacial score (nSPS) is 17.0. The number of carbonyl (C=O) groups excluding carboxylic acids is 2. The van der Waals surface area contributed by atoms with Crippen molar-refractivity contribution >= 4 is 57.3 Å². The number of thioether (sulfide) groups is 1. The van der Waals surface area contributed by atoms with Crippen molar-refractivity contribution in [2.75, 3.05) is 4.90 Å². The van der Waals surface area contributed by atoms with Crippen LogP contribution in [-0.2, 0) is 20.8 Å². The fraction of sp³-hybridized carbons (Fsp3) is 0.226. The lowest BCUT2D eigenvalue weighted by molar-refractivity contribution is -0.132. The number of aryl methyl sites for hydroxylation is 1. The fourth-order valence-corrected chi connectivity index (χ4v) is 6.64. The lowest BCUT2D eigenvalue weighted by atomic mass is 9.85. The highest BCUT2D eigenvalue weighted by Crippen LogP contribution is 2.44. The third-order valence-electron chi connectivity index (χ3n) is 6.77. The Bertz CT molecular complexity index is 1610. The summed E-state index contributed by atoms with van der Waals surface area (Å²) >= 11 is 8.98. The Labute approximate surface area is 246 Å². The average molecular weight is 590 g/mol. The van der Waals surface area contributed by atoms with Crippen LogP contribution in [-0.4, -0.2) is 27.0 Å². The number of aliphatic hydroxyl groups excluding tert-OH is 1. The molecule has 0 aliphatic carbocycles. The van der Waals surface area contributed by atoms with Crippen LogP contribution in [0.5, 0.6) is 0 Å². The molecular formula is C31H28ClN3O3S2. The molecule has 0 bridgehead atoms. The van der Waals surface area contributed by atoms with Crippen molar-refractivity contribution in [3.05, 3.63) is 111 Å². The van der Waals surface area contributed by atoms with Crippen molar-refractivity contribution in [3.8, 4) is 0 Å². The summed E-state index contributed by atoms with van der Waals surface area (Å²) in [7, 11) is 0. The van der Waals surface area contributed by atoms with E-state index in [1.165, 1.54) is 28.0 Å². The van der Waals surface area contributed by atoms with Crippen LogP contribution in [0.25, 0.3) is 5.76 Å². The minimum atomic E-state index is -0.857. The molecule has 0 radical (unpaired) electrons. The molecule has 1 atom stereocenters. The van der Waals surface area contributed by atoms with Gasteiger partial charge < -0.3 is 5.11 Å². The van der Waals surface area contributed by atoms with Gasteiger partial charge in [0.2, 0.25) is 5.13 Å². The van der Waals surface area contributed by atoms with Crippen molar-refractivity contribution in [2.45, 2.75) is 49.2 Å². The van der Waals surface area contributed by atoms with Gasteiger partial charge in [-0.15, -0.1) is 10.2 Å². The summed E-state index contributed by atoms with van der Waals surface area (Å²) in [5.41, 5.74) is 4.20. The van der Waals surface area contributed by atoms with Crippen LogP contribution in [0.15, 0.2) is 82.7 Å². The molecule has 2 heterocycles. The minimum Gasteiger partial charge on any atom is -0.507 e. The van der Waals surface area contributed by atoms with Crippen LogP contribution in [0.4, 0.5) is 5.13 Å². The fourth-order valence-electron chi connectivity index (χ4n) is 4.49. The van der Waals surface area contributed by atoms with Gasteiger partial charge in [0.1, 0.15) is 5.76 Å². The Morgan fingerprint density at radius 2 is 1.68 bits per heavy atom. The van der Waals surface area contributed by atoms with E-state index in [1.54, 1.807) is 12.1 Å². The maximum atomic E-state index is 13.5. The summed E-state index contributed by atoms with van der Waals surface area (Å²) in [5.74, 6) is -1.15. The quantitative estimate of drug-likeness (QED) is 0.0815. The van der Waals surface area contributed by atoms with Gasteiger partial charge in [0, 0.05) is 16.3 Å². The second-order valence-corrected chi connectivity index (χ2v) is 13.2. The first-order chi connectivity index (χ1) is 19.0. The van der Waals surface area contributed by atoms with E-state index in [9.17, 15) is 14.7 Å². The predicted molar refractivity (Wildman–Crippen MR) is 162 cm³/mol. The van der Waals surface area contributed by atoms with E-state index in [0.717, 1.165) is 16.7 Å². The Morgan fingerprint density at radius 1 is 1.00 bits per heavy atom. The summed E-state index contributed by atoms with van der Waals surface area (Å²) in [6.07, 6.45) is 0. The summed E-state index contributed by atoms with van der Waals surface area (Å²) in [5, 5.41) is 20.9. The van der Waals surface area contributed by atoms with Crippen LogP contribution in [0, 0.1) is 6.92 Å². The minimum absolute atomic E-state index is 0.0258. The molecule has 1 N–H and O–H groups in total. The topological polar surface area (TPSA) is 83.4 Å². The number of carbonyl (C=O) groups is 2. The van der Waals surface area contributed by atoms with Gasteiger partial charge in [-0.1, -0.05) is 128 Å². The zero-order valence-electron chi connectivity index (χ0n) is 22.5. The largest absolute Gasteiger partial charge is 0.507 e. The van der Waals surface area contributed by atoms with E-state index in [0.29, 0.717) is 26.2 Å². The second kappa shape index (κ2) is 11.2. The van der Waals surface area contributed by atoms with Crippen LogP contribution in [0.1, 0.15) is 54.6 Å². The van der Waals surface area contributed by atoms with Crippen LogP contribution in [0.3, 0.4) is 0 Å². The molecule has 1 fully saturated rings. The molecule has 40 heavy (non-hydrogen) atoms. The number of benzene rings is 3. The molecule has 1 amide bonds. The lowest BCUT2D eigenvalue weighted by Crippen LogP contribution is -2.29. The number of halogens is 1. The molecule has 5 rings (SSSR count). The Kier molecular flexibility index (Phi) is 7.86. The zero-order chi connectivity index (χ0) is 28.6. The first-order valence-electron chi connectivity index (χ1n) is 12.7. The molecule has 0 spiro atoms. The molecule has 1 aliphatic heterocycles. The summed E-state index contributed by atoms with van der Waals surface area (Å²) in [4.78, 5) is 28.3. The molecule has 1 aromatic heterocycles. The molecule has 9 heteroatoms. The highest BCUT2D eigenvalue weighted by Gasteiger charge is 2.48. The average Bonchev–Trinajstić information content (AvgIpc) is 3.50. The third kappa shape index (κ3) is 5.57. The monoisotopic (exact) mass is 589 g/mol. The van der Waals surface area contributed by atoms with Crippen LogP contribution in [0.2, 0.25) is 5.02 Å². The molecule has 1 aliphatic rings. The number of rotatable bonds is 6. The maximum Gasteiger partial charge on any atom is 0.301 e. The standard InChI is InChI=1S/C31H28ClN3O3S2/c1-18-9-11-20(12-10-18)26(36)24-25(19-13-15-22(16-14-19)31(2,3)4)35(28(38)27(24)37)29-33-34-30(40-29)39-17-21-7-5-6-8-23(21)32/h5-16,25,36H,17H2,1-4H3/b26-24-. The number of anilines is 1. The molecule has 3 aromatic carbocycles. The highest BCUT2D eigenvalue weighted by molar-refractivity contribution is 8.00. The molecule has 6 nitrogen and oxygen atoms in total. The molecule has 0 saturated carbocycles. The van der Waals surface area contributed by atoms with Gasteiger partial charge >= 0.3 is 5.91 Å². The number of ketones is 1. The van der Waals surface area contributed by atoms with Gasteiger partial charge in [-0.05, 0) is 35.1 Å². The smallest absolute Gasteiger partial charge is 0.301 e. The van der Waals surface area contributed by atoms with E-state index >= 15 is 0 Å². The first-order valence-corrected chi connectivity index (χ1v) is 14.9. The van der Waals surface area contributed by atoms with E-state index in [4.69, 9.17) is 11.6 Å². The maximum absolute atomic E-state index is 13.5. The van der Waals surface area contributed by atoms with Crippen molar-refractivity contribution in [1.82, 2.24) is 10.2 Å². The SMILES string of the molecule is Cc1ccc(/C(O)=C2/C(=O)C(=O)N(c3nnc(SCc4ccccc4Cl)s3)C2c2ccc(C(C)(C)C)cc2)cc1. The first kappa shape index (κ1) is 28.1. The number of hydrogen-bond donors (Lipinski definition) is 1. The highest BCUT2D eigenvalue weighted by atomic mass is 35.5. The number of aromatic nitrogens is 2. The second-order valence-electron chi connectivity index (χ2n) is 10.6. The summed E-state index contributed by atoms with van der Waals surface area (Å²) < 4.78 is 0.636. The van der Waals surface area contributed by atoms with E-state index in [-0.39, 0.29) is 21.9 Å². The van der Waals surface area contributed by atoms with Crippen LogP contribution >= 0.6 is 34.7 Å². The number of aliphatic hydroxyl groups is 1. The van der Waals surface area contributed by atoms with Gasteiger partial charge in [-0.2, -0.15) is 0 Å². The van der Waals surface area contributed by atoms with Crippen molar-refractivity contribution in [1.29, 1.82) is 0 Å². The summed E-state index contributed by atoms with van der Waals surface area (Å²) in [6, 6.07) is 21.7. The van der Waals surface area contributed by atoms with E-state index in [1.807, 2.05) is 67.6 Å². The third-order valence-corrected chi connectivity index (χ3v) is 9.25. The van der Waals surface area contributed by atoms with E-state index < -0.39 is 17.7 Å². The number of Topliss-reactive ketones (excluding diaryl/α,β-unsaturated/α-hetero) is 1. The molecular weight excluding hydrogens is 562 g/mol.